The van der Waals surface area contributed by atoms with Crippen molar-refractivity contribution in [3.63, 3.8) is 0 Å². The first-order valence-corrected chi connectivity index (χ1v) is 14.0. The van der Waals surface area contributed by atoms with E-state index in [1.54, 1.807) is 6.07 Å². The average molecular weight is 520 g/mol. The van der Waals surface area contributed by atoms with Gasteiger partial charge in [-0.25, -0.2) is 0 Å². The predicted octanol–water partition coefficient (Wildman–Crippen LogP) is 7.10. The van der Waals surface area contributed by atoms with Gasteiger partial charge in [0.25, 0.3) is 5.91 Å². The molecule has 2 N–H and O–H groups in total. The molecule has 38 heavy (non-hydrogen) atoms. The highest BCUT2D eigenvalue weighted by atomic mass is 16.5. The summed E-state index contributed by atoms with van der Waals surface area (Å²) in [6.45, 7) is 12.0. The van der Waals surface area contributed by atoms with Crippen LogP contribution in [-0.2, 0) is 0 Å². The normalized spacial score (nSPS) is 14.7. The summed E-state index contributed by atoms with van der Waals surface area (Å²) in [5, 5.41) is 18.5. The molecule has 4 rings (SSSR count). The van der Waals surface area contributed by atoms with Crippen LogP contribution in [0.1, 0.15) is 98.1 Å². The van der Waals surface area contributed by atoms with Gasteiger partial charge in [0.2, 0.25) is 0 Å². The number of unbranched alkanes of at least 4 members (excludes halogenated alkanes) is 4. The first kappa shape index (κ1) is 27.6. The summed E-state index contributed by atoms with van der Waals surface area (Å²) in [5.41, 5.74) is 5.38. The minimum absolute atomic E-state index is 0.0676. The Morgan fingerprint density at radius 3 is 2.45 bits per heavy atom. The number of H-pyrrole nitrogens is 1. The summed E-state index contributed by atoms with van der Waals surface area (Å²) in [5.74, 6) is 1.49. The molecular weight excluding hydrogens is 478 g/mol. The van der Waals surface area contributed by atoms with E-state index in [9.17, 15) is 9.90 Å². The molecule has 0 bridgehead atoms. The SMILES string of the molecule is CCCCCOc1ccc(C2c3c(-c4c(C)cc(C)cc4O)n[nH]c3C(=O)N2CCCCC)cc1OCC. The maximum absolute atomic E-state index is 13.7. The van der Waals surface area contributed by atoms with Gasteiger partial charge >= 0.3 is 0 Å². The standard InChI is InChI=1S/C31H41N3O4/c1-6-9-11-15-34-30(22-13-14-24(25(19-22)37-8-3)38-16-12-10-7-2)27-28(32-33-29(27)31(34)36)26-21(5)17-20(4)18-23(26)35/h13-14,17-19,30,35H,6-12,15-16H2,1-5H3,(H,32,33). The molecule has 0 spiro atoms. The van der Waals surface area contributed by atoms with Crippen LogP contribution in [0.15, 0.2) is 30.3 Å². The molecule has 0 radical (unpaired) electrons. The number of amides is 1. The highest BCUT2D eigenvalue weighted by Gasteiger charge is 2.42. The van der Waals surface area contributed by atoms with Crippen molar-refractivity contribution in [1.29, 1.82) is 0 Å². The Morgan fingerprint density at radius 2 is 1.74 bits per heavy atom. The fourth-order valence-corrected chi connectivity index (χ4v) is 5.37. The molecule has 204 valence electrons. The number of hydrogen-bond acceptors (Lipinski definition) is 5. The molecule has 7 heteroatoms. The van der Waals surface area contributed by atoms with Gasteiger partial charge in [-0.2, -0.15) is 5.10 Å². The van der Waals surface area contributed by atoms with Crippen molar-refractivity contribution in [3.8, 4) is 28.5 Å². The number of aromatic amines is 1. The molecule has 1 unspecified atom stereocenters. The Balaban J connectivity index is 1.80. The van der Waals surface area contributed by atoms with Crippen molar-refractivity contribution in [1.82, 2.24) is 15.1 Å². The van der Waals surface area contributed by atoms with Crippen LogP contribution in [0.3, 0.4) is 0 Å². The lowest BCUT2D eigenvalue weighted by Crippen LogP contribution is -2.30. The van der Waals surface area contributed by atoms with Crippen LogP contribution < -0.4 is 9.47 Å². The second kappa shape index (κ2) is 12.4. The number of nitrogens with one attached hydrogen (secondary N) is 1. The topological polar surface area (TPSA) is 87.7 Å². The first-order chi connectivity index (χ1) is 18.4. The minimum Gasteiger partial charge on any atom is -0.507 e. The molecule has 2 aromatic carbocycles. The van der Waals surface area contributed by atoms with Gasteiger partial charge in [-0.3, -0.25) is 9.89 Å². The number of hydrogen-bond donors (Lipinski definition) is 2. The van der Waals surface area contributed by atoms with Gasteiger partial charge in [0, 0.05) is 17.7 Å². The Kier molecular flexibility index (Phi) is 8.97. The molecule has 2 heterocycles. The molecule has 1 atom stereocenters. The van der Waals surface area contributed by atoms with E-state index in [0.29, 0.717) is 48.2 Å². The third-order valence-electron chi connectivity index (χ3n) is 7.15. The number of ether oxygens (including phenoxy) is 2. The lowest BCUT2D eigenvalue weighted by Gasteiger charge is -2.27. The predicted molar refractivity (Wildman–Crippen MR) is 150 cm³/mol. The molecule has 0 saturated heterocycles. The van der Waals surface area contributed by atoms with E-state index in [4.69, 9.17) is 9.47 Å². The van der Waals surface area contributed by atoms with Gasteiger partial charge in [-0.05, 0) is 68.5 Å². The van der Waals surface area contributed by atoms with Crippen LogP contribution >= 0.6 is 0 Å². The Hall–Kier alpha value is -3.48. The summed E-state index contributed by atoms with van der Waals surface area (Å²) in [7, 11) is 0. The number of carbonyl (C=O) groups excluding carboxylic acids is 1. The third kappa shape index (κ3) is 5.52. The summed E-state index contributed by atoms with van der Waals surface area (Å²) in [6.07, 6.45) is 6.28. The summed E-state index contributed by atoms with van der Waals surface area (Å²) in [4.78, 5) is 15.6. The van der Waals surface area contributed by atoms with Crippen LogP contribution in [0.4, 0.5) is 0 Å². The molecule has 1 aromatic heterocycles. The van der Waals surface area contributed by atoms with E-state index in [1.807, 2.05) is 49.9 Å². The van der Waals surface area contributed by atoms with Gasteiger partial charge < -0.3 is 19.5 Å². The van der Waals surface area contributed by atoms with E-state index in [1.165, 1.54) is 0 Å². The molecule has 1 aliphatic rings. The maximum Gasteiger partial charge on any atom is 0.273 e. The zero-order valence-corrected chi connectivity index (χ0v) is 23.4. The van der Waals surface area contributed by atoms with Crippen molar-refractivity contribution < 1.29 is 19.4 Å². The number of rotatable bonds is 13. The van der Waals surface area contributed by atoms with Crippen LogP contribution in [0, 0.1) is 13.8 Å². The van der Waals surface area contributed by atoms with E-state index in [2.05, 4.69) is 24.0 Å². The lowest BCUT2D eigenvalue weighted by molar-refractivity contribution is 0.0740. The second-order valence-electron chi connectivity index (χ2n) is 10.1. The number of aryl methyl sites for hydroxylation is 2. The van der Waals surface area contributed by atoms with Gasteiger partial charge in [0.1, 0.15) is 17.1 Å². The lowest BCUT2D eigenvalue weighted by atomic mass is 9.93. The van der Waals surface area contributed by atoms with Crippen molar-refractivity contribution in [2.75, 3.05) is 19.8 Å². The van der Waals surface area contributed by atoms with Crippen LogP contribution in [0.25, 0.3) is 11.3 Å². The molecule has 0 saturated carbocycles. The van der Waals surface area contributed by atoms with Crippen molar-refractivity contribution in [3.05, 3.63) is 58.3 Å². The number of carbonyl (C=O) groups is 1. The number of aromatic hydroxyl groups is 1. The summed E-state index contributed by atoms with van der Waals surface area (Å²) < 4.78 is 12.1. The fraction of sp³-hybridized carbons (Fsp3) is 0.484. The molecule has 3 aromatic rings. The van der Waals surface area contributed by atoms with Gasteiger partial charge in [-0.1, -0.05) is 51.7 Å². The highest BCUT2D eigenvalue weighted by molar-refractivity contribution is 6.00. The minimum atomic E-state index is -0.350. The molecule has 1 amide bonds. The molecule has 0 aliphatic carbocycles. The molecule has 1 aliphatic heterocycles. The molecule has 7 nitrogen and oxygen atoms in total. The second-order valence-corrected chi connectivity index (χ2v) is 10.1. The highest BCUT2D eigenvalue weighted by Crippen LogP contribution is 2.47. The van der Waals surface area contributed by atoms with Crippen molar-refractivity contribution in [2.24, 2.45) is 0 Å². The number of nitrogens with zero attached hydrogens (tertiary/aromatic N) is 2. The zero-order chi connectivity index (χ0) is 27.2. The Morgan fingerprint density at radius 1 is 0.974 bits per heavy atom. The van der Waals surface area contributed by atoms with E-state index in [0.717, 1.165) is 60.8 Å². The van der Waals surface area contributed by atoms with Crippen LogP contribution in [-0.4, -0.2) is 45.9 Å². The Bertz CT molecular complexity index is 1240. The number of fused-ring (bicyclic) bond motifs is 1. The summed E-state index contributed by atoms with van der Waals surface area (Å²) in [6, 6.07) is 9.39. The third-order valence-corrected chi connectivity index (χ3v) is 7.15. The van der Waals surface area contributed by atoms with Gasteiger partial charge in [0.05, 0.1) is 19.3 Å². The fourth-order valence-electron chi connectivity index (χ4n) is 5.37. The van der Waals surface area contributed by atoms with Gasteiger partial charge in [0.15, 0.2) is 11.5 Å². The smallest absolute Gasteiger partial charge is 0.273 e. The van der Waals surface area contributed by atoms with Crippen LogP contribution in [0.5, 0.6) is 17.2 Å². The monoisotopic (exact) mass is 519 g/mol. The van der Waals surface area contributed by atoms with E-state index < -0.39 is 0 Å². The quantitative estimate of drug-likeness (QED) is 0.235. The number of aromatic nitrogens is 2. The summed E-state index contributed by atoms with van der Waals surface area (Å²) >= 11 is 0. The zero-order valence-electron chi connectivity index (χ0n) is 23.4. The number of phenols is 1. The van der Waals surface area contributed by atoms with Crippen molar-refractivity contribution >= 4 is 5.91 Å². The van der Waals surface area contributed by atoms with Crippen molar-refractivity contribution in [2.45, 2.75) is 79.2 Å². The molecule has 0 fully saturated rings. The maximum atomic E-state index is 13.7. The number of phenolic OH excluding ortho intramolecular Hbond substituents is 1. The largest absolute Gasteiger partial charge is 0.507 e. The van der Waals surface area contributed by atoms with E-state index >= 15 is 0 Å². The first-order valence-electron chi connectivity index (χ1n) is 14.0. The van der Waals surface area contributed by atoms with E-state index in [-0.39, 0.29) is 17.7 Å². The molecular formula is C31H41N3O4. The average Bonchev–Trinajstić information content (AvgIpc) is 3.41. The Labute approximate surface area is 226 Å². The number of benzene rings is 2. The van der Waals surface area contributed by atoms with Crippen LogP contribution in [0.2, 0.25) is 0 Å². The van der Waals surface area contributed by atoms with Gasteiger partial charge in [-0.15, -0.1) is 0 Å².